The van der Waals surface area contributed by atoms with Gasteiger partial charge in [-0.05, 0) is 23.8 Å². The van der Waals surface area contributed by atoms with Crippen LogP contribution in [0.15, 0.2) is 53.8 Å². The first-order chi connectivity index (χ1) is 9.24. The van der Waals surface area contributed by atoms with E-state index < -0.39 is 0 Å². The SMILES string of the molecule is Cn1cnn(Cc2ccc(-n3cccn3)cc2)c1=O. The number of hydrogen-bond donors (Lipinski definition) is 0. The first kappa shape index (κ1) is 11.5. The highest BCUT2D eigenvalue weighted by Crippen LogP contribution is 2.08. The Morgan fingerprint density at radius 3 is 2.53 bits per heavy atom. The topological polar surface area (TPSA) is 57.6 Å². The van der Waals surface area contributed by atoms with Crippen molar-refractivity contribution in [2.24, 2.45) is 7.05 Å². The monoisotopic (exact) mass is 255 g/mol. The Kier molecular flexibility index (Phi) is 2.75. The zero-order valence-electron chi connectivity index (χ0n) is 10.5. The van der Waals surface area contributed by atoms with Gasteiger partial charge >= 0.3 is 5.69 Å². The molecule has 0 aliphatic carbocycles. The molecule has 96 valence electrons. The number of hydrogen-bond acceptors (Lipinski definition) is 3. The van der Waals surface area contributed by atoms with E-state index in [1.54, 1.807) is 17.9 Å². The number of benzene rings is 1. The molecular formula is C13H13N5O. The summed E-state index contributed by atoms with van der Waals surface area (Å²) in [5.74, 6) is 0. The highest BCUT2D eigenvalue weighted by molar-refractivity contribution is 5.33. The van der Waals surface area contributed by atoms with E-state index in [0.717, 1.165) is 11.3 Å². The number of nitrogens with zero attached hydrogens (tertiary/aromatic N) is 5. The summed E-state index contributed by atoms with van der Waals surface area (Å²) in [4.78, 5) is 11.7. The summed E-state index contributed by atoms with van der Waals surface area (Å²) in [5, 5.41) is 8.20. The van der Waals surface area contributed by atoms with Crippen LogP contribution in [0.3, 0.4) is 0 Å². The van der Waals surface area contributed by atoms with Crippen molar-refractivity contribution in [1.29, 1.82) is 0 Å². The van der Waals surface area contributed by atoms with Gasteiger partial charge in [0.2, 0.25) is 0 Å². The van der Waals surface area contributed by atoms with Gasteiger partial charge in [0.1, 0.15) is 6.33 Å². The molecule has 0 N–H and O–H groups in total. The Morgan fingerprint density at radius 2 is 1.95 bits per heavy atom. The second-order valence-corrected chi connectivity index (χ2v) is 4.30. The summed E-state index contributed by atoms with van der Waals surface area (Å²) in [6, 6.07) is 9.75. The van der Waals surface area contributed by atoms with E-state index in [4.69, 9.17) is 0 Å². The summed E-state index contributed by atoms with van der Waals surface area (Å²) in [6.45, 7) is 0.471. The molecule has 6 nitrogen and oxygen atoms in total. The molecule has 0 spiro atoms. The lowest BCUT2D eigenvalue weighted by atomic mass is 10.2. The van der Waals surface area contributed by atoms with Crippen molar-refractivity contribution in [2.75, 3.05) is 0 Å². The maximum atomic E-state index is 11.7. The lowest BCUT2D eigenvalue weighted by molar-refractivity contribution is 0.646. The molecule has 0 saturated carbocycles. The first-order valence-electron chi connectivity index (χ1n) is 5.91. The number of aryl methyl sites for hydroxylation is 1. The summed E-state index contributed by atoms with van der Waals surface area (Å²) in [6.07, 6.45) is 5.14. The van der Waals surface area contributed by atoms with Crippen LogP contribution < -0.4 is 5.69 Å². The molecule has 0 radical (unpaired) electrons. The van der Waals surface area contributed by atoms with E-state index in [1.165, 1.54) is 15.6 Å². The molecule has 0 saturated heterocycles. The third-order valence-corrected chi connectivity index (χ3v) is 2.92. The zero-order chi connectivity index (χ0) is 13.2. The van der Waals surface area contributed by atoms with Crippen LogP contribution in [0.1, 0.15) is 5.56 Å². The Balaban J connectivity index is 1.84. The summed E-state index contributed by atoms with van der Waals surface area (Å²) >= 11 is 0. The molecule has 0 bridgehead atoms. The maximum Gasteiger partial charge on any atom is 0.345 e. The average molecular weight is 255 g/mol. The van der Waals surface area contributed by atoms with Gasteiger partial charge in [0.05, 0.1) is 12.2 Å². The third-order valence-electron chi connectivity index (χ3n) is 2.92. The van der Waals surface area contributed by atoms with E-state index in [0.29, 0.717) is 6.54 Å². The normalized spacial score (nSPS) is 10.8. The lowest BCUT2D eigenvalue weighted by Crippen LogP contribution is -2.23. The van der Waals surface area contributed by atoms with Crippen LogP contribution in [0.5, 0.6) is 0 Å². The van der Waals surface area contributed by atoms with Crippen LogP contribution in [-0.2, 0) is 13.6 Å². The van der Waals surface area contributed by atoms with Gasteiger partial charge in [-0.2, -0.15) is 10.2 Å². The van der Waals surface area contributed by atoms with Crippen LogP contribution in [0.4, 0.5) is 0 Å². The molecule has 1 aromatic carbocycles. The van der Waals surface area contributed by atoms with E-state index in [-0.39, 0.29) is 5.69 Å². The van der Waals surface area contributed by atoms with E-state index in [9.17, 15) is 4.79 Å². The highest BCUT2D eigenvalue weighted by Gasteiger charge is 2.03. The fourth-order valence-electron chi connectivity index (χ4n) is 1.88. The average Bonchev–Trinajstić information content (AvgIpc) is 3.06. The van der Waals surface area contributed by atoms with Gasteiger partial charge in [0.25, 0.3) is 0 Å². The van der Waals surface area contributed by atoms with Crippen LogP contribution in [0.2, 0.25) is 0 Å². The largest absolute Gasteiger partial charge is 0.345 e. The van der Waals surface area contributed by atoms with Gasteiger partial charge in [-0.15, -0.1) is 0 Å². The summed E-state index contributed by atoms with van der Waals surface area (Å²) < 4.78 is 4.68. The minimum Gasteiger partial charge on any atom is -0.285 e. The standard InChI is InChI=1S/C13H13N5O/c1-16-10-15-18(13(16)19)9-11-3-5-12(6-4-11)17-8-2-7-14-17/h2-8,10H,9H2,1H3. The zero-order valence-corrected chi connectivity index (χ0v) is 10.5. The van der Waals surface area contributed by atoms with Gasteiger partial charge < -0.3 is 0 Å². The fourth-order valence-corrected chi connectivity index (χ4v) is 1.88. The number of aromatic nitrogens is 5. The van der Waals surface area contributed by atoms with Crippen molar-refractivity contribution in [2.45, 2.75) is 6.54 Å². The second kappa shape index (κ2) is 4.56. The Hall–Kier alpha value is -2.63. The maximum absolute atomic E-state index is 11.7. The molecule has 0 atom stereocenters. The van der Waals surface area contributed by atoms with Crippen molar-refractivity contribution < 1.29 is 0 Å². The second-order valence-electron chi connectivity index (χ2n) is 4.30. The molecule has 6 heteroatoms. The molecule has 2 aromatic heterocycles. The predicted molar refractivity (Wildman–Crippen MR) is 70.1 cm³/mol. The fraction of sp³-hybridized carbons (Fsp3) is 0.154. The quantitative estimate of drug-likeness (QED) is 0.696. The molecule has 0 fully saturated rings. The molecule has 0 amide bonds. The van der Waals surface area contributed by atoms with E-state index in [1.807, 2.05) is 36.5 Å². The Morgan fingerprint density at radius 1 is 1.16 bits per heavy atom. The van der Waals surface area contributed by atoms with Crippen molar-refractivity contribution in [3.63, 3.8) is 0 Å². The van der Waals surface area contributed by atoms with Crippen molar-refractivity contribution in [3.8, 4) is 5.69 Å². The molecule has 3 aromatic rings. The van der Waals surface area contributed by atoms with Crippen molar-refractivity contribution in [3.05, 3.63) is 65.1 Å². The van der Waals surface area contributed by atoms with Gasteiger partial charge in [0.15, 0.2) is 0 Å². The van der Waals surface area contributed by atoms with Crippen LogP contribution in [-0.4, -0.2) is 24.1 Å². The van der Waals surface area contributed by atoms with Crippen LogP contribution in [0.25, 0.3) is 5.69 Å². The van der Waals surface area contributed by atoms with Crippen molar-refractivity contribution >= 4 is 0 Å². The van der Waals surface area contributed by atoms with Gasteiger partial charge in [-0.3, -0.25) is 4.57 Å². The molecule has 2 heterocycles. The van der Waals surface area contributed by atoms with Gasteiger partial charge in [-0.1, -0.05) is 12.1 Å². The van der Waals surface area contributed by atoms with E-state index in [2.05, 4.69) is 10.2 Å². The minimum atomic E-state index is -0.115. The van der Waals surface area contributed by atoms with E-state index >= 15 is 0 Å². The van der Waals surface area contributed by atoms with Gasteiger partial charge in [-0.25, -0.2) is 14.2 Å². The number of rotatable bonds is 3. The lowest BCUT2D eigenvalue weighted by Gasteiger charge is -2.04. The Bertz CT molecular complexity index is 721. The van der Waals surface area contributed by atoms with Crippen LogP contribution >= 0.6 is 0 Å². The molecule has 3 rings (SSSR count). The van der Waals surface area contributed by atoms with Crippen molar-refractivity contribution in [1.82, 2.24) is 24.1 Å². The predicted octanol–water partition coefficient (Wildman–Crippen LogP) is 0.816. The van der Waals surface area contributed by atoms with Gasteiger partial charge in [0, 0.05) is 19.4 Å². The molecule has 0 aliphatic rings. The molecular weight excluding hydrogens is 242 g/mol. The molecule has 19 heavy (non-hydrogen) atoms. The summed E-state index contributed by atoms with van der Waals surface area (Å²) in [5.41, 5.74) is 1.90. The molecule has 0 aliphatic heterocycles. The smallest absolute Gasteiger partial charge is 0.285 e. The molecule has 0 unspecified atom stereocenters. The summed E-state index contributed by atoms with van der Waals surface area (Å²) in [7, 11) is 1.69. The Labute approximate surface area is 109 Å². The minimum absolute atomic E-state index is 0.115. The van der Waals surface area contributed by atoms with Crippen LogP contribution in [0, 0.1) is 0 Å². The highest BCUT2D eigenvalue weighted by atomic mass is 16.2. The third kappa shape index (κ3) is 2.20. The first-order valence-corrected chi connectivity index (χ1v) is 5.91.